The van der Waals surface area contributed by atoms with Crippen LogP contribution in [0.5, 0.6) is 0 Å². The molecule has 1 aromatic heterocycles. The van der Waals surface area contributed by atoms with E-state index < -0.39 is 16.5 Å². The van der Waals surface area contributed by atoms with Gasteiger partial charge >= 0.3 is 5.97 Å². The van der Waals surface area contributed by atoms with Crippen molar-refractivity contribution in [3.05, 3.63) is 121 Å². The van der Waals surface area contributed by atoms with Crippen LogP contribution >= 0.6 is 0 Å². The second kappa shape index (κ2) is 9.85. The smallest absolute Gasteiger partial charge is 0.354 e. The number of carbonyl (C=O) groups is 1. The molecule has 184 valence electrons. The predicted octanol–water partition coefficient (Wildman–Crippen LogP) is 5.18. The first-order valence-corrected chi connectivity index (χ1v) is 11.6. The van der Waals surface area contributed by atoms with Crippen LogP contribution in [0.3, 0.4) is 0 Å². The number of aromatic nitrogens is 2. The lowest BCUT2D eigenvalue weighted by Gasteiger charge is -2.31. The SMILES string of the molecule is O=C(O)c1[nH]n(-c2ccccc2)c(=O)c1C=C=Cc1ccc2c(c1)CCCN2c1ccc([N+](=O)[O-])cc1. The van der Waals surface area contributed by atoms with Gasteiger partial charge in [-0.3, -0.25) is 20.0 Å². The third-order valence-electron chi connectivity index (χ3n) is 6.23. The van der Waals surface area contributed by atoms with E-state index in [9.17, 15) is 24.8 Å². The first kappa shape index (κ1) is 23.6. The van der Waals surface area contributed by atoms with Crippen LogP contribution in [0.4, 0.5) is 17.1 Å². The average Bonchev–Trinajstić information content (AvgIpc) is 3.25. The van der Waals surface area contributed by atoms with E-state index in [0.29, 0.717) is 5.69 Å². The third-order valence-corrected chi connectivity index (χ3v) is 6.23. The van der Waals surface area contributed by atoms with Gasteiger partial charge in [-0.05, 0) is 72.5 Å². The first-order chi connectivity index (χ1) is 17.9. The zero-order chi connectivity index (χ0) is 25.9. The van der Waals surface area contributed by atoms with Crippen LogP contribution < -0.4 is 10.5 Å². The highest BCUT2D eigenvalue weighted by molar-refractivity contribution is 5.90. The van der Waals surface area contributed by atoms with Crippen LogP contribution in [0, 0.1) is 10.1 Å². The second-order valence-electron chi connectivity index (χ2n) is 8.55. The van der Waals surface area contributed by atoms with Crippen LogP contribution in [0.1, 0.15) is 33.6 Å². The van der Waals surface area contributed by atoms with Crippen molar-refractivity contribution in [1.82, 2.24) is 9.78 Å². The highest BCUT2D eigenvalue weighted by Crippen LogP contribution is 2.35. The van der Waals surface area contributed by atoms with Gasteiger partial charge in [0.15, 0.2) is 5.69 Å². The van der Waals surface area contributed by atoms with Gasteiger partial charge in [0.2, 0.25) is 0 Å². The molecule has 0 unspecified atom stereocenters. The van der Waals surface area contributed by atoms with Crippen LogP contribution in [0.2, 0.25) is 0 Å². The largest absolute Gasteiger partial charge is 0.477 e. The lowest BCUT2D eigenvalue weighted by molar-refractivity contribution is -0.384. The number of fused-ring (bicyclic) bond motifs is 1. The molecule has 2 N–H and O–H groups in total. The topological polar surface area (TPSA) is 121 Å². The minimum absolute atomic E-state index is 0.00918. The van der Waals surface area contributed by atoms with Gasteiger partial charge in [0.1, 0.15) is 0 Å². The molecule has 9 heteroatoms. The Bertz CT molecular complexity index is 1610. The summed E-state index contributed by atoms with van der Waals surface area (Å²) in [5.41, 5.74) is 6.77. The van der Waals surface area contributed by atoms with E-state index in [0.717, 1.165) is 41.9 Å². The predicted molar refractivity (Wildman–Crippen MR) is 141 cm³/mol. The van der Waals surface area contributed by atoms with Crippen LogP contribution in [-0.4, -0.2) is 32.3 Å². The van der Waals surface area contributed by atoms with Gasteiger partial charge in [0, 0.05) is 30.1 Å². The van der Waals surface area contributed by atoms with Crippen LogP contribution in [-0.2, 0) is 6.42 Å². The normalized spacial score (nSPS) is 12.4. The summed E-state index contributed by atoms with van der Waals surface area (Å²) in [6.07, 6.45) is 4.89. The molecule has 5 rings (SSSR count). The highest BCUT2D eigenvalue weighted by Gasteiger charge is 2.20. The van der Waals surface area contributed by atoms with Crippen molar-refractivity contribution in [2.24, 2.45) is 0 Å². The summed E-state index contributed by atoms with van der Waals surface area (Å²) >= 11 is 0. The number of nitro groups is 1. The Morgan fingerprint density at radius 2 is 1.78 bits per heavy atom. The standard InChI is InChI=1S/C28H22N4O5/c33-27-24(26(28(34)35)29-31(27)22-8-2-1-3-9-22)10-4-6-19-11-16-25-20(18-19)7-5-17-30(25)21-12-14-23(15-13-21)32(36)37/h1-3,6,8-16,18,29H,5,7,17H2,(H,34,35). The summed E-state index contributed by atoms with van der Waals surface area (Å²) < 4.78 is 1.20. The zero-order valence-electron chi connectivity index (χ0n) is 19.6. The summed E-state index contributed by atoms with van der Waals surface area (Å²) in [5, 5.41) is 23.2. The molecule has 1 aliphatic rings. The molecular formula is C28H22N4O5. The molecule has 3 aromatic carbocycles. The highest BCUT2D eigenvalue weighted by atomic mass is 16.6. The number of para-hydroxylation sites is 1. The van der Waals surface area contributed by atoms with E-state index in [1.54, 1.807) is 42.5 Å². The molecule has 0 saturated heterocycles. The Kier molecular flexibility index (Phi) is 6.28. The molecule has 2 heterocycles. The monoisotopic (exact) mass is 494 g/mol. The number of nitrogens with one attached hydrogen (secondary N) is 1. The van der Waals surface area contributed by atoms with E-state index in [4.69, 9.17) is 0 Å². The molecule has 0 fully saturated rings. The zero-order valence-corrected chi connectivity index (χ0v) is 19.6. The van der Waals surface area contributed by atoms with Crippen molar-refractivity contribution in [2.45, 2.75) is 12.8 Å². The molecule has 1 aliphatic heterocycles. The Labute approximate surface area is 211 Å². The molecule has 0 radical (unpaired) electrons. The molecule has 0 atom stereocenters. The van der Waals surface area contributed by atoms with Crippen LogP contribution in [0.15, 0.2) is 83.3 Å². The van der Waals surface area contributed by atoms with Gasteiger partial charge in [0.25, 0.3) is 11.2 Å². The van der Waals surface area contributed by atoms with Crippen molar-refractivity contribution < 1.29 is 14.8 Å². The van der Waals surface area contributed by atoms with Gasteiger partial charge in [-0.1, -0.05) is 24.3 Å². The maximum absolute atomic E-state index is 12.9. The molecule has 0 saturated carbocycles. The fourth-order valence-corrected chi connectivity index (χ4v) is 4.46. The summed E-state index contributed by atoms with van der Waals surface area (Å²) in [5.74, 6) is -1.24. The molecule has 37 heavy (non-hydrogen) atoms. The number of hydrogen-bond acceptors (Lipinski definition) is 5. The number of hydrogen-bond donors (Lipinski definition) is 2. The minimum atomic E-state index is -1.24. The maximum Gasteiger partial charge on any atom is 0.354 e. The minimum Gasteiger partial charge on any atom is -0.477 e. The number of rotatable bonds is 6. The summed E-state index contributed by atoms with van der Waals surface area (Å²) in [6, 6.07) is 21.2. The summed E-state index contributed by atoms with van der Waals surface area (Å²) in [4.78, 5) is 37.3. The number of anilines is 2. The maximum atomic E-state index is 12.9. The van der Waals surface area contributed by atoms with E-state index in [1.165, 1.54) is 22.9 Å². The van der Waals surface area contributed by atoms with E-state index in [-0.39, 0.29) is 16.9 Å². The number of aromatic amines is 1. The third kappa shape index (κ3) is 4.71. The van der Waals surface area contributed by atoms with Crippen molar-refractivity contribution in [3.63, 3.8) is 0 Å². The molecule has 0 aliphatic carbocycles. The number of aryl methyl sites for hydroxylation is 1. The van der Waals surface area contributed by atoms with Gasteiger partial charge < -0.3 is 10.0 Å². The summed E-state index contributed by atoms with van der Waals surface area (Å²) in [7, 11) is 0. The van der Waals surface area contributed by atoms with E-state index >= 15 is 0 Å². The summed E-state index contributed by atoms with van der Waals surface area (Å²) in [6.45, 7) is 0.805. The lowest BCUT2D eigenvalue weighted by Crippen LogP contribution is -2.24. The molecule has 0 amide bonds. The number of carboxylic acids is 1. The van der Waals surface area contributed by atoms with Crippen molar-refractivity contribution in [1.29, 1.82) is 0 Å². The molecule has 0 bridgehead atoms. The fourth-order valence-electron chi connectivity index (χ4n) is 4.46. The van der Waals surface area contributed by atoms with Crippen molar-refractivity contribution >= 4 is 35.2 Å². The van der Waals surface area contributed by atoms with Gasteiger partial charge in [0.05, 0.1) is 16.2 Å². The van der Waals surface area contributed by atoms with E-state index in [2.05, 4.69) is 15.7 Å². The number of carboxylic acid groups (broad SMARTS) is 1. The van der Waals surface area contributed by atoms with E-state index in [1.807, 2.05) is 24.3 Å². The Morgan fingerprint density at radius 3 is 2.49 bits per heavy atom. The lowest BCUT2D eigenvalue weighted by atomic mass is 9.98. The second-order valence-corrected chi connectivity index (χ2v) is 8.55. The van der Waals surface area contributed by atoms with Gasteiger partial charge in [-0.2, -0.15) is 0 Å². The van der Waals surface area contributed by atoms with Gasteiger partial charge in [-0.15, -0.1) is 5.73 Å². The van der Waals surface area contributed by atoms with Crippen molar-refractivity contribution in [3.8, 4) is 5.69 Å². The molecule has 9 nitrogen and oxygen atoms in total. The molecule has 4 aromatic rings. The molecular weight excluding hydrogens is 472 g/mol. The number of non-ortho nitro benzene ring substituents is 1. The van der Waals surface area contributed by atoms with Crippen molar-refractivity contribution in [2.75, 3.05) is 11.4 Å². The van der Waals surface area contributed by atoms with Gasteiger partial charge in [-0.25, -0.2) is 9.48 Å². The Hall–Kier alpha value is -5.14. The number of aromatic carboxylic acids is 1. The fraction of sp³-hybridized carbons (Fsp3) is 0.107. The van der Waals surface area contributed by atoms with Crippen LogP contribution in [0.25, 0.3) is 17.8 Å². The first-order valence-electron chi connectivity index (χ1n) is 11.6. The Morgan fingerprint density at radius 1 is 1.03 bits per heavy atom. The average molecular weight is 495 g/mol. The Balaban J connectivity index is 1.44. The number of benzene rings is 3. The number of nitro benzene ring substituents is 1. The quantitative estimate of drug-likeness (QED) is 0.216. The number of nitrogens with zero attached hydrogens (tertiary/aromatic N) is 3. The number of H-pyrrole nitrogens is 1. The molecule has 0 spiro atoms.